The molecular formula is C13H20INO2. The Kier molecular flexibility index (Phi) is 4.75. The fourth-order valence-corrected chi connectivity index (χ4v) is 2.69. The number of allylic oxidation sites excluding steroid dienone is 2. The SMILES string of the molecule is CC(C)CC(NI)=C1C(=O)CC(C)(C)CC1=O. The summed E-state index contributed by atoms with van der Waals surface area (Å²) in [5.41, 5.74) is 1.02. The summed E-state index contributed by atoms with van der Waals surface area (Å²) in [7, 11) is 0. The Morgan fingerprint density at radius 3 is 2.12 bits per heavy atom. The molecule has 96 valence electrons. The van der Waals surface area contributed by atoms with E-state index in [2.05, 4.69) is 17.4 Å². The van der Waals surface area contributed by atoms with E-state index in [0.29, 0.717) is 24.3 Å². The van der Waals surface area contributed by atoms with E-state index < -0.39 is 0 Å². The third-order valence-electron chi connectivity index (χ3n) is 2.86. The van der Waals surface area contributed by atoms with Crippen LogP contribution in [-0.2, 0) is 9.59 Å². The Hall–Kier alpha value is -0.390. The van der Waals surface area contributed by atoms with Gasteiger partial charge in [-0.05, 0) is 17.8 Å². The fraction of sp³-hybridized carbons (Fsp3) is 0.692. The minimum absolute atomic E-state index is 0.00827. The van der Waals surface area contributed by atoms with Crippen molar-refractivity contribution in [2.24, 2.45) is 11.3 Å². The van der Waals surface area contributed by atoms with Crippen LogP contribution in [0.4, 0.5) is 0 Å². The molecular weight excluding hydrogens is 329 g/mol. The van der Waals surface area contributed by atoms with Crippen LogP contribution >= 0.6 is 22.9 Å². The van der Waals surface area contributed by atoms with Crippen LogP contribution in [0.5, 0.6) is 0 Å². The van der Waals surface area contributed by atoms with Crippen molar-refractivity contribution in [1.82, 2.24) is 3.53 Å². The summed E-state index contributed by atoms with van der Waals surface area (Å²) < 4.78 is 3.00. The maximum absolute atomic E-state index is 12.1. The molecule has 0 aliphatic heterocycles. The number of Topliss-reactive ketones (excluding diaryl/α,β-unsaturated/α-hetero) is 2. The first-order chi connectivity index (χ1) is 7.76. The van der Waals surface area contributed by atoms with Crippen molar-refractivity contribution >= 4 is 34.4 Å². The number of hydrogen-bond acceptors (Lipinski definition) is 3. The molecule has 0 aromatic heterocycles. The number of hydrogen-bond donors (Lipinski definition) is 1. The molecule has 0 spiro atoms. The molecule has 0 unspecified atom stereocenters. The van der Waals surface area contributed by atoms with Gasteiger partial charge < -0.3 is 3.53 Å². The first-order valence-corrected chi connectivity index (χ1v) is 7.01. The highest BCUT2D eigenvalue weighted by atomic mass is 127. The summed E-state index contributed by atoms with van der Waals surface area (Å²) in [6.45, 7) is 8.10. The van der Waals surface area contributed by atoms with E-state index in [1.54, 1.807) is 0 Å². The van der Waals surface area contributed by atoms with Crippen molar-refractivity contribution in [3.05, 3.63) is 11.3 Å². The van der Waals surface area contributed by atoms with Crippen LogP contribution in [-0.4, -0.2) is 11.6 Å². The predicted octanol–water partition coefficient (Wildman–Crippen LogP) is 3.18. The van der Waals surface area contributed by atoms with Crippen LogP contribution in [0.15, 0.2) is 11.3 Å². The summed E-state index contributed by atoms with van der Waals surface area (Å²) in [6.07, 6.45) is 1.68. The van der Waals surface area contributed by atoms with Crippen molar-refractivity contribution in [2.75, 3.05) is 0 Å². The highest BCUT2D eigenvalue weighted by molar-refractivity contribution is 14.1. The van der Waals surface area contributed by atoms with E-state index in [1.807, 2.05) is 36.7 Å². The van der Waals surface area contributed by atoms with Gasteiger partial charge in [-0.1, -0.05) is 27.7 Å². The van der Waals surface area contributed by atoms with Crippen molar-refractivity contribution in [1.29, 1.82) is 0 Å². The Morgan fingerprint density at radius 2 is 1.76 bits per heavy atom. The Labute approximate surface area is 117 Å². The molecule has 0 aromatic rings. The second kappa shape index (κ2) is 5.50. The van der Waals surface area contributed by atoms with E-state index in [1.165, 1.54) is 0 Å². The predicted molar refractivity (Wildman–Crippen MR) is 76.7 cm³/mol. The quantitative estimate of drug-likeness (QED) is 0.368. The van der Waals surface area contributed by atoms with Gasteiger partial charge in [-0.15, -0.1) is 0 Å². The van der Waals surface area contributed by atoms with Crippen LogP contribution in [0.2, 0.25) is 0 Å². The molecule has 0 saturated heterocycles. The van der Waals surface area contributed by atoms with Gasteiger partial charge in [0.2, 0.25) is 0 Å². The van der Waals surface area contributed by atoms with Gasteiger partial charge in [-0.25, -0.2) is 0 Å². The molecule has 0 heterocycles. The summed E-state index contributed by atoms with van der Waals surface area (Å²) >= 11 is 2.00. The van der Waals surface area contributed by atoms with Gasteiger partial charge in [-0.3, -0.25) is 9.59 Å². The summed E-state index contributed by atoms with van der Waals surface area (Å²) in [4.78, 5) is 24.2. The van der Waals surface area contributed by atoms with Gasteiger partial charge >= 0.3 is 0 Å². The van der Waals surface area contributed by atoms with Crippen molar-refractivity contribution in [2.45, 2.75) is 47.0 Å². The van der Waals surface area contributed by atoms with Crippen LogP contribution in [0, 0.1) is 11.3 Å². The smallest absolute Gasteiger partial charge is 0.168 e. The maximum Gasteiger partial charge on any atom is 0.168 e. The average Bonchev–Trinajstić information content (AvgIpc) is 2.12. The third kappa shape index (κ3) is 3.79. The zero-order valence-electron chi connectivity index (χ0n) is 10.9. The Balaban J connectivity index is 3.07. The lowest BCUT2D eigenvalue weighted by atomic mass is 9.73. The summed E-state index contributed by atoms with van der Waals surface area (Å²) in [5.74, 6) is 0.410. The first kappa shape index (κ1) is 14.7. The third-order valence-corrected chi connectivity index (χ3v) is 3.52. The molecule has 1 rings (SSSR count). The van der Waals surface area contributed by atoms with E-state index in [-0.39, 0.29) is 17.0 Å². The molecule has 0 aromatic carbocycles. The van der Waals surface area contributed by atoms with Gasteiger partial charge in [0.1, 0.15) is 0 Å². The number of carbonyl (C=O) groups excluding carboxylic acids is 2. The molecule has 1 fully saturated rings. The van der Waals surface area contributed by atoms with Crippen LogP contribution in [0.25, 0.3) is 0 Å². The minimum atomic E-state index is -0.189. The average molecular weight is 349 g/mol. The summed E-state index contributed by atoms with van der Waals surface area (Å²) in [6, 6.07) is 0. The number of halogens is 1. The zero-order valence-corrected chi connectivity index (χ0v) is 13.1. The van der Waals surface area contributed by atoms with Crippen molar-refractivity contribution < 1.29 is 9.59 Å². The molecule has 0 radical (unpaired) electrons. The molecule has 17 heavy (non-hydrogen) atoms. The van der Waals surface area contributed by atoms with E-state index in [0.717, 1.165) is 12.1 Å². The van der Waals surface area contributed by atoms with Crippen LogP contribution in [0.1, 0.15) is 47.0 Å². The lowest BCUT2D eigenvalue weighted by Gasteiger charge is -2.29. The van der Waals surface area contributed by atoms with Gasteiger partial charge in [0.05, 0.1) is 28.4 Å². The minimum Gasteiger partial charge on any atom is -0.331 e. The second-order valence-corrected chi connectivity index (χ2v) is 6.45. The van der Waals surface area contributed by atoms with E-state index in [9.17, 15) is 9.59 Å². The molecule has 4 heteroatoms. The molecule has 3 nitrogen and oxygen atoms in total. The molecule has 0 amide bonds. The second-order valence-electron chi connectivity index (χ2n) is 5.91. The first-order valence-electron chi connectivity index (χ1n) is 5.93. The Bertz CT molecular complexity index is 348. The molecule has 1 N–H and O–H groups in total. The molecule has 1 saturated carbocycles. The van der Waals surface area contributed by atoms with Gasteiger partial charge in [-0.2, -0.15) is 0 Å². The summed E-state index contributed by atoms with van der Waals surface area (Å²) in [5, 5.41) is 0. The normalized spacial score (nSPS) is 19.8. The van der Waals surface area contributed by atoms with Gasteiger partial charge in [0, 0.05) is 18.5 Å². The number of rotatable bonds is 3. The number of ketones is 2. The van der Waals surface area contributed by atoms with E-state index in [4.69, 9.17) is 0 Å². The van der Waals surface area contributed by atoms with Crippen LogP contribution < -0.4 is 3.53 Å². The van der Waals surface area contributed by atoms with Crippen molar-refractivity contribution in [3.63, 3.8) is 0 Å². The molecule has 0 bridgehead atoms. The fourth-order valence-electron chi connectivity index (χ4n) is 2.20. The molecule has 1 aliphatic carbocycles. The highest BCUT2D eigenvalue weighted by Crippen LogP contribution is 2.35. The largest absolute Gasteiger partial charge is 0.331 e. The molecule has 0 atom stereocenters. The highest BCUT2D eigenvalue weighted by Gasteiger charge is 2.37. The van der Waals surface area contributed by atoms with Crippen LogP contribution in [0.3, 0.4) is 0 Å². The monoisotopic (exact) mass is 349 g/mol. The Morgan fingerprint density at radius 1 is 1.29 bits per heavy atom. The molecule has 1 aliphatic rings. The van der Waals surface area contributed by atoms with Crippen molar-refractivity contribution in [3.8, 4) is 0 Å². The topological polar surface area (TPSA) is 46.2 Å². The zero-order chi connectivity index (χ0) is 13.2. The standard InChI is InChI=1S/C13H20INO2/c1-8(2)5-9(15-14)12-10(16)6-13(3,4)7-11(12)17/h8,15H,5-7H2,1-4H3. The number of nitrogens with one attached hydrogen (secondary N) is 1. The van der Waals surface area contributed by atoms with Gasteiger partial charge in [0.15, 0.2) is 11.6 Å². The van der Waals surface area contributed by atoms with E-state index >= 15 is 0 Å². The lowest BCUT2D eigenvalue weighted by Crippen LogP contribution is -2.33. The lowest BCUT2D eigenvalue weighted by molar-refractivity contribution is -0.127. The maximum atomic E-state index is 12.1. The number of carbonyl (C=O) groups is 2. The van der Waals surface area contributed by atoms with Gasteiger partial charge in [0.25, 0.3) is 0 Å².